The maximum absolute atomic E-state index is 3.68. The van der Waals surface area contributed by atoms with E-state index in [-0.39, 0.29) is 0 Å². The van der Waals surface area contributed by atoms with E-state index in [9.17, 15) is 0 Å². The molecular formula is C14H28N2S. The monoisotopic (exact) mass is 256 g/mol. The normalized spacial score (nSPS) is 28.4. The van der Waals surface area contributed by atoms with Gasteiger partial charge in [0.1, 0.15) is 0 Å². The molecule has 3 heteroatoms. The second-order valence-corrected chi connectivity index (χ2v) is 7.00. The number of likely N-dealkylation sites (tertiary alicyclic amines) is 1. The second-order valence-electron chi connectivity index (χ2n) is 5.85. The van der Waals surface area contributed by atoms with E-state index in [1.54, 1.807) is 0 Å². The van der Waals surface area contributed by atoms with Crippen LogP contribution in [0.5, 0.6) is 0 Å². The second kappa shape index (κ2) is 7.65. The SMILES string of the molecule is CC(CNCC1CCSC1)CN1CCCCC1. The molecule has 2 rings (SSSR count). The van der Waals surface area contributed by atoms with E-state index in [2.05, 4.69) is 28.9 Å². The van der Waals surface area contributed by atoms with Crippen molar-refractivity contribution in [2.75, 3.05) is 44.2 Å². The molecule has 0 bridgehead atoms. The van der Waals surface area contributed by atoms with Crippen LogP contribution in [-0.4, -0.2) is 49.1 Å². The van der Waals surface area contributed by atoms with Gasteiger partial charge in [0.15, 0.2) is 0 Å². The van der Waals surface area contributed by atoms with Crippen LogP contribution < -0.4 is 5.32 Å². The summed E-state index contributed by atoms with van der Waals surface area (Å²) in [5.74, 6) is 4.52. The lowest BCUT2D eigenvalue weighted by Crippen LogP contribution is -2.37. The van der Waals surface area contributed by atoms with Crippen LogP contribution in [0.25, 0.3) is 0 Å². The molecule has 2 aliphatic rings. The fourth-order valence-electron chi connectivity index (χ4n) is 2.93. The molecule has 0 saturated carbocycles. The van der Waals surface area contributed by atoms with E-state index in [0.717, 1.165) is 11.8 Å². The summed E-state index contributed by atoms with van der Waals surface area (Å²) in [6.45, 7) is 8.82. The Balaban J connectivity index is 1.52. The van der Waals surface area contributed by atoms with Crippen LogP contribution in [0, 0.1) is 11.8 Å². The first-order valence-corrected chi connectivity index (χ1v) is 8.51. The lowest BCUT2D eigenvalue weighted by molar-refractivity contribution is 0.198. The molecule has 100 valence electrons. The topological polar surface area (TPSA) is 15.3 Å². The van der Waals surface area contributed by atoms with Gasteiger partial charge in [-0.15, -0.1) is 0 Å². The molecule has 0 spiro atoms. The summed E-state index contributed by atoms with van der Waals surface area (Å²) in [5, 5.41) is 3.68. The summed E-state index contributed by atoms with van der Waals surface area (Å²) < 4.78 is 0. The van der Waals surface area contributed by atoms with E-state index >= 15 is 0 Å². The van der Waals surface area contributed by atoms with Gasteiger partial charge in [-0.2, -0.15) is 11.8 Å². The Morgan fingerprint density at radius 3 is 2.82 bits per heavy atom. The highest BCUT2D eigenvalue weighted by molar-refractivity contribution is 7.99. The fraction of sp³-hybridized carbons (Fsp3) is 1.00. The molecule has 0 aromatic carbocycles. The number of rotatable bonds is 6. The Hall–Kier alpha value is 0.270. The first-order valence-electron chi connectivity index (χ1n) is 7.35. The highest BCUT2D eigenvalue weighted by Gasteiger charge is 2.16. The van der Waals surface area contributed by atoms with Crippen molar-refractivity contribution in [3.63, 3.8) is 0 Å². The molecule has 2 fully saturated rings. The smallest absolute Gasteiger partial charge is 0.00191 e. The van der Waals surface area contributed by atoms with E-state index in [4.69, 9.17) is 0 Å². The summed E-state index contributed by atoms with van der Waals surface area (Å²) in [4.78, 5) is 2.65. The zero-order valence-corrected chi connectivity index (χ0v) is 12.1. The molecule has 2 heterocycles. The Labute approximate surface area is 111 Å². The first kappa shape index (κ1) is 13.7. The zero-order chi connectivity index (χ0) is 11.9. The molecule has 2 unspecified atom stereocenters. The van der Waals surface area contributed by atoms with Crippen LogP contribution in [0.2, 0.25) is 0 Å². The van der Waals surface area contributed by atoms with E-state index in [1.807, 2.05) is 0 Å². The number of thioether (sulfide) groups is 1. The van der Waals surface area contributed by atoms with Crippen molar-refractivity contribution in [2.24, 2.45) is 11.8 Å². The molecule has 0 aromatic heterocycles. The predicted octanol–water partition coefficient (Wildman–Crippen LogP) is 2.45. The molecule has 2 atom stereocenters. The average molecular weight is 256 g/mol. The molecule has 2 saturated heterocycles. The maximum Gasteiger partial charge on any atom is 0.00191 e. The van der Waals surface area contributed by atoms with Crippen LogP contribution in [-0.2, 0) is 0 Å². The third-order valence-electron chi connectivity index (χ3n) is 3.97. The molecule has 2 aliphatic heterocycles. The Bertz CT molecular complexity index is 198. The number of nitrogens with zero attached hydrogens (tertiary/aromatic N) is 1. The summed E-state index contributed by atoms with van der Waals surface area (Å²) in [5.41, 5.74) is 0. The van der Waals surface area contributed by atoms with E-state index in [1.165, 1.54) is 69.9 Å². The summed E-state index contributed by atoms with van der Waals surface area (Å²) in [7, 11) is 0. The largest absolute Gasteiger partial charge is 0.316 e. The minimum atomic E-state index is 0.808. The Kier molecular flexibility index (Phi) is 6.16. The van der Waals surface area contributed by atoms with Gasteiger partial charge in [-0.1, -0.05) is 13.3 Å². The van der Waals surface area contributed by atoms with Gasteiger partial charge < -0.3 is 10.2 Å². The van der Waals surface area contributed by atoms with Gasteiger partial charge in [-0.05, 0) is 68.8 Å². The third-order valence-corrected chi connectivity index (χ3v) is 5.20. The van der Waals surface area contributed by atoms with Crippen LogP contribution in [0.3, 0.4) is 0 Å². The molecule has 17 heavy (non-hydrogen) atoms. The average Bonchev–Trinajstić information content (AvgIpc) is 2.83. The minimum absolute atomic E-state index is 0.808. The standard InChI is InChI=1S/C14H28N2S/c1-13(11-16-6-3-2-4-7-16)9-15-10-14-5-8-17-12-14/h13-15H,2-12H2,1H3. The van der Waals surface area contributed by atoms with Crippen molar-refractivity contribution in [3.05, 3.63) is 0 Å². The molecular weight excluding hydrogens is 228 g/mol. The van der Waals surface area contributed by atoms with Gasteiger partial charge in [0.2, 0.25) is 0 Å². The summed E-state index contributed by atoms with van der Waals surface area (Å²) in [6.07, 6.45) is 5.71. The van der Waals surface area contributed by atoms with E-state index in [0.29, 0.717) is 0 Å². The van der Waals surface area contributed by atoms with Crippen LogP contribution >= 0.6 is 11.8 Å². The number of nitrogens with one attached hydrogen (secondary N) is 1. The minimum Gasteiger partial charge on any atom is -0.316 e. The zero-order valence-electron chi connectivity index (χ0n) is 11.3. The maximum atomic E-state index is 3.68. The highest BCUT2D eigenvalue weighted by atomic mass is 32.2. The van der Waals surface area contributed by atoms with Crippen molar-refractivity contribution in [1.82, 2.24) is 10.2 Å². The van der Waals surface area contributed by atoms with Gasteiger partial charge in [0.05, 0.1) is 0 Å². The Morgan fingerprint density at radius 2 is 2.12 bits per heavy atom. The number of piperidine rings is 1. The fourth-order valence-corrected chi connectivity index (χ4v) is 4.21. The molecule has 2 nitrogen and oxygen atoms in total. The molecule has 0 aliphatic carbocycles. The van der Waals surface area contributed by atoms with Crippen LogP contribution in [0.4, 0.5) is 0 Å². The lowest BCUT2D eigenvalue weighted by atomic mass is 10.1. The van der Waals surface area contributed by atoms with Crippen molar-refractivity contribution in [2.45, 2.75) is 32.6 Å². The van der Waals surface area contributed by atoms with Gasteiger partial charge in [-0.3, -0.25) is 0 Å². The van der Waals surface area contributed by atoms with Crippen molar-refractivity contribution < 1.29 is 0 Å². The summed E-state index contributed by atoms with van der Waals surface area (Å²) >= 11 is 2.12. The lowest BCUT2D eigenvalue weighted by Gasteiger charge is -2.29. The van der Waals surface area contributed by atoms with Gasteiger partial charge in [0, 0.05) is 6.54 Å². The van der Waals surface area contributed by atoms with E-state index < -0.39 is 0 Å². The van der Waals surface area contributed by atoms with Gasteiger partial charge in [0.25, 0.3) is 0 Å². The van der Waals surface area contributed by atoms with Gasteiger partial charge >= 0.3 is 0 Å². The molecule has 1 N–H and O–H groups in total. The highest BCUT2D eigenvalue weighted by Crippen LogP contribution is 2.22. The van der Waals surface area contributed by atoms with Crippen LogP contribution in [0.15, 0.2) is 0 Å². The quantitative estimate of drug-likeness (QED) is 0.786. The Morgan fingerprint density at radius 1 is 1.29 bits per heavy atom. The van der Waals surface area contributed by atoms with Crippen molar-refractivity contribution in [1.29, 1.82) is 0 Å². The number of hydrogen-bond acceptors (Lipinski definition) is 3. The molecule has 0 amide bonds. The first-order chi connectivity index (χ1) is 8.34. The summed E-state index contributed by atoms with van der Waals surface area (Å²) in [6, 6.07) is 0. The van der Waals surface area contributed by atoms with Gasteiger partial charge in [-0.25, -0.2) is 0 Å². The molecule has 0 aromatic rings. The number of hydrogen-bond donors (Lipinski definition) is 1. The van der Waals surface area contributed by atoms with Crippen molar-refractivity contribution >= 4 is 11.8 Å². The molecule has 0 radical (unpaired) electrons. The van der Waals surface area contributed by atoms with Crippen LogP contribution in [0.1, 0.15) is 32.6 Å². The van der Waals surface area contributed by atoms with Crippen molar-refractivity contribution in [3.8, 4) is 0 Å². The predicted molar refractivity (Wildman–Crippen MR) is 77.8 cm³/mol. The third kappa shape index (κ3) is 5.19.